The minimum absolute atomic E-state index is 0.184. The average molecular weight is 267 g/mol. The van der Waals surface area contributed by atoms with Gasteiger partial charge in [0.05, 0.1) is 5.69 Å². The molecule has 0 spiro atoms. The number of rotatable bonds is 2. The largest absolute Gasteiger partial charge is 0.256 e. The van der Waals surface area contributed by atoms with E-state index < -0.39 is 0 Å². The lowest BCUT2D eigenvalue weighted by atomic mass is 9.83. The van der Waals surface area contributed by atoms with Gasteiger partial charge < -0.3 is 0 Å². The maximum Gasteiger partial charge on any atom is 0.0696 e. The third-order valence-corrected chi connectivity index (χ3v) is 4.23. The molecule has 1 aromatic heterocycles. The van der Waals surface area contributed by atoms with Crippen molar-refractivity contribution in [1.29, 1.82) is 0 Å². The van der Waals surface area contributed by atoms with E-state index in [0.29, 0.717) is 0 Å². The predicted octanol–water partition coefficient (Wildman–Crippen LogP) is 5.42. The van der Waals surface area contributed by atoms with Gasteiger partial charge in [0, 0.05) is 6.20 Å². The highest BCUT2D eigenvalue weighted by Gasteiger charge is 2.44. The van der Waals surface area contributed by atoms with Crippen LogP contribution in [-0.4, -0.2) is 4.98 Å². The van der Waals surface area contributed by atoms with Crippen molar-refractivity contribution in [3.8, 4) is 0 Å². The molecule has 1 saturated carbocycles. The van der Waals surface area contributed by atoms with Crippen molar-refractivity contribution in [3.05, 3.63) is 60.0 Å². The van der Waals surface area contributed by atoms with Crippen molar-refractivity contribution in [1.82, 2.24) is 4.98 Å². The highest BCUT2D eigenvalue weighted by molar-refractivity contribution is 5.72. The van der Waals surface area contributed by atoms with Gasteiger partial charge in [-0.3, -0.25) is 4.98 Å². The van der Waals surface area contributed by atoms with E-state index in [4.69, 9.17) is 0 Å². The van der Waals surface area contributed by atoms with E-state index >= 15 is 0 Å². The Bertz CT molecular complexity index is 571. The van der Waals surface area contributed by atoms with Gasteiger partial charge in [-0.1, -0.05) is 46.4 Å². The highest BCUT2D eigenvalue weighted by atomic mass is 14.7. The molecule has 2 rings (SSSR count). The van der Waals surface area contributed by atoms with Gasteiger partial charge in [-0.25, -0.2) is 0 Å². The lowest BCUT2D eigenvalue weighted by molar-refractivity contribution is 0.338. The standard InChI is InChI=1S/C19H25N/c1-7-15-16(19(5,6)13-18(15,3)4)12-14(2)17-10-8-9-11-20-17/h7-12H,2,13H2,1,3-6H3/b15-7+,16-12?. The second-order valence-corrected chi connectivity index (χ2v) is 6.95. The fourth-order valence-corrected chi connectivity index (χ4v) is 3.64. The predicted molar refractivity (Wildman–Crippen MR) is 87.3 cm³/mol. The number of hydrogen-bond acceptors (Lipinski definition) is 1. The van der Waals surface area contributed by atoms with Gasteiger partial charge >= 0.3 is 0 Å². The molecule has 1 heterocycles. The molecule has 0 atom stereocenters. The van der Waals surface area contributed by atoms with Crippen LogP contribution >= 0.6 is 0 Å². The Morgan fingerprint density at radius 2 is 1.80 bits per heavy atom. The number of nitrogens with zero attached hydrogens (tertiary/aromatic N) is 1. The van der Waals surface area contributed by atoms with Crippen molar-refractivity contribution in [2.45, 2.75) is 41.0 Å². The fraction of sp³-hybridized carbons (Fsp3) is 0.421. The summed E-state index contributed by atoms with van der Waals surface area (Å²) in [6.45, 7) is 15.6. The van der Waals surface area contributed by atoms with E-state index in [2.05, 4.69) is 58.3 Å². The first kappa shape index (κ1) is 14.8. The van der Waals surface area contributed by atoms with Crippen molar-refractivity contribution >= 4 is 5.57 Å². The molecule has 0 bridgehead atoms. The first-order chi connectivity index (χ1) is 9.28. The van der Waals surface area contributed by atoms with E-state index in [-0.39, 0.29) is 10.8 Å². The molecule has 106 valence electrons. The maximum atomic E-state index is 4.39. The molecule has 1 aromatic rings. The van der Waals surface area contributed by atoms with Crippen molar-refractivity contribution < 1.29 is 0 Å². The Balaban J connectivity index is 2.45. The zero-order valence-electron chi connectivity index (χ0n) is 13.3. The van der Waals surface area contributed by atoms with Crippen LogP contribution in [0.1, 0.15) is 46.7 Å². The summed E-state index contributed by atoms with van der Waals surface area (Å²) in [5.41, 5.74) is 5.21. The van der Waals surface area contributed by atoms with Crippen LogP contribution in [0.25, 0.3) is 5.57 Å². The van der Waals surface area contributed by atoms with Crippen LogP contribution in [-0.2, 0) is 0 Å². The zero-order chi connectivity index (χ0) is 15.0. The van der Waals surface area contributed by atoms with E-state index in [9.17, 15) is 0 Å². The lowest BCUT2D eigenvalue weighted by Gasteiger charge is -2.21. The number of allylic oxidation sites excluding steroid dienone is 5. The lowest BCUT2D eigenvalue weighted by Crippen LogP contribution is -2.11. The van der Waals surface area contributed by atoms with Gasteiger partial charge in [0.15, 0.2) is 0 Å². The van der Waals surface area contributed by atoms with E-state index in [1.807, 2.05) is 24.4 Å². The molecule has 1 heteroatoms. The van der Waals surface area contributed by atoms with Crippen LogP contribution in [0, 0.1) is 10.8 Å². The summed E-state index contributed by atoms with van der Waals surface area (Å²) >= 11 is 0. The zero-order valence-corrected chi connectivity index (χ0v) is 13.3. The SMILES string of the molecule is C=C(C=C1/C(=C\C)C(C)(C)CC1(C)C)c1ccccn1. The summed E-state index contributed by atoms with van der Waals surface area (Å²) in [7, 11) is 0. The summed E-state index contributed by atoms with van der Waals surface area (Å²) in [6.07, 6.45) is 7.47. The third kappa shape index (κ3) is 2.63. The Morgan fingerprint density at radius 1 is 1.15 bits per heavy atom. The van der Waals surface area contributed by atoms with Crippen LogP contribution in [0.3, 0.4) is 0 Å². The molecule has 0 radical (unpaired) electrons. The monoisotopic (exact) mass is 267 g/mol. The molecule has 20 heavy (non-hydrogen) atoms. The van der Waals surface area contributed by atoms with Crippen LogP contribution < -0.4 is 0 Å². The minimum Gasteiger partial charge on any atom is -0.256 e. The highest BCUT2D eigenvalue weighted by Crippen LogP contribution is 2.56. The second-order valence-electron chi connectivity index (χ2n) is 6.95. The van der Waals surface area contributed by atoms with Crippen LogP contribution in [0.15, 0.2) is 54.3 Å². The number of pyridine rings is 1. The van der Waals surface area contributed by atoms with Gasteiger partial charge in [-0.15, -0.1) is 0 Å². The second kappa shape index (κ2) is 5.05. The molecule has 1 nitrogen and oxygen atoms in total. The summed E-state index contributed by atoms with van der Waals surface area (Å²) in [5, 5.41) is 0. The van der Waals surface area contributed by atoms with E-state index in [1.54, 1.807) is 0 Å². The topological polar surface area (TPSA) is 12.9 Å². The maximum absolute atomic E-state index is 4.39. The Morgan fingerprint density at radius 3 is 2.35 bits per heavy atom. The summed E-state index contributed by atoms with van der Waals surface area (Å²) in [4.78, 5) is 4.39. The summed E-state index contributed by atoms with van der Waals surface area (Å²) < 4.78 is 0. The molecule has 1 aliphatic rings. The van der Waals surface area contributed by atoms with E-state index in [1.165, 1.54) is 17.6 Å². The molecule has 0 amide bonds. The quantitative estimate of drug-likeness (QED) is 0.697. The molecule has 0 aromatic carbocycles. The summed E-state index contributed by atoms with van der Waals surface area (Å²) in [5.74, 6) is 0. The molecular formula is C19H25N. The smallest absolute Gasteiger partial charge is 0.0696 e. The molecule has 0 N–H and O–H groups in total. The van der Waals surface area contributed by atoms with Gasteiger partial charge in [-0.2, -0.15) is 0 Å². The first-order valence-corrected chi connectivity index (χ1v) is 7.27. The third-order valence-electron chi connectivity index (χ3n) is 4.23. The van der Waals surface area contributed by atoms with Crippen LogP contribution in [0.4, 0.5) is 0 Å². The fourth-order valence-electron chi connectivity index (χ4n) is 3.64. The van der Waals surface area contributed by atoms with Crippen LogP contribution in [0.5, 0.6) is 0 Å². The van der Waals surface area contributed by atoms with Gasteiger partial charge in [0.1, 0.15) is 0 Å². The molecule has 1 fully saturated rings. The van der Waals surface area contributed by atoms with Gasteiger partial charge in [-0.05, 0) is 59.1 Å². The van der Waals surface area contributed by atoms with Crippen LogP contribution in [0.2, 0.25) is 0 Å². The number of hydrogen-bond donors (Lipinski definition) is 0. The van der Waals surface area contributed by atoms with Gasteiger partial charge in [0.25, 0.3) is 0 Å². The Kier molecular flexibility index (Phi) is 3.73. The first-order valence-electron chi connectivity index (χ1n) is 7.27. The van der Waals surface area contributed by atoms with Crippen molar-refractivity contribution in [3.63, 3.8) is 0 Å². The van der Waals surface area contributed by atoms with Crippen molar-refractivity contribution in [2.24, 2.45) is 10.8 Å². The van der Waals surface area contributed by atoms with E-state index in [0.717, 1.165) is 11.3 Å². The average Bonchev–Trinajstić information content (AvgIpc) is 2.54. The van der Waals surface area contributed by atoms with Crippen molar-refractivity contribution in [2.75, 3.05) is 0 Å². The minimum atomic E-state index is 0.184. The molecule has 0 saturated heterocycles. The molecular weight excluding hydrogens is 242 g/mol. The molecule has 0 aliphatic heterocycles. The Labute approximate surface area is 123 Å². The molecule has 0 unspecified atom stereocenters. The Hall–Kier alpha value is -1.63. The molecule has 1 aliphatic carbocycles. The van der Waals surface area contributed by atoms with Gasteiger partial charge in [0.2, 0.25) is 0 Å². The summed E-state index contributed by atoms with van der Waals surface area (Å²) in [6, 6.07) is 5.96. The number of aromatic nitrogens is 1. The normalized spacial score (nSPS) is 24.2.